The molecule has 21 heavy (non-hydrogen) atoms. The second kappa shape index (κ2) is 6.94. The lowest BCUT2D eigenvalue weighted by Gasteiger charge is -2.46. The van der Waals surface area contributed by atoms with E-state index < -0.39 is 10.0 Å². The molecule has 0 aliphatic carbocycles. The molecule has 2 fully saturated rings. The van der Waals surface area contributed by atoms with Gasteiger partial charge >= 0.3 is 0 Å². The van der Waals surface area contributed by atoms with Crippen molar-refractivity contribution < 1.29 is 13.2 Å². The fraction of sp³-hybridized carbons (Fsp3) is 1.00. The van der Waals surface area contributed by atoms with Gasteiger partial charge in [0.25, 0.3) is 0 Å². The fourth-order valence-corrected chi connectivity index (χ4v) is 5.87. The van der Waals surface area contributed by atoms with Gasteiger partial charge in [0.2, 0.25) is 10.0 Å². The van der Waals surface area contributed by atoms with Gasteiger partial charge in [-0.15, -0.1) is 0 Å². The lowest BCUT2D eigenvalue weighted by atomic mass is 10.0. The summed E-state index contributed by atoms with van der Waals surface area (Å²) >= 11 is 0. The molecule has 0 saturated carbocycles. The van der Waals surface area contributed by atoms with E-state index >= 15 is 0 Å². The van der Waals surface area contributed by atoms with E-state index in [9.17, 15) is 8.42 Å². The highest BCUT2D eigenvalue weighted by molar-refractivity contribution is 7.89. The summed E-state index contributed by atoms with van der Waals surface area (Å²) in [5.41, 5.74) is 0. The van der Waals surface area contributed by atoms with Gasteiger partial charge in [0.1, 0.15) is 0 Å². The monoisotopic (exact) mass is 318 g/mol. The molecule has 0 N–H and O–H groups in total. The maximum absolute atomic E-state index is 12.7. The molecule has 2 aliphatic heterocycles. The third-order valence-corrected chi connectivity index (χ3v) is 6.71. The Hall–Kier alpha value is -0.170. The molecule has 2 heterocycles. The van der Waals surface area contributed by atoms with Crippen LogP contribution in [-0.2, 0) is 14.8 Å². The first-order chi connectivity index (χ1) is 9.81. The van der Waals surface area contributed by atoms with Crippen molar-refractivity contribution in [1.29, 1.82) is 0 Å². The molecule has 0 aromatic carbocycles. The SMILES string of the molecule is CC(C)N1[C@H](C)CN(S(=O)(=O)CC2CCOCC2)C[C@@H]1C. The topological polar surface area (TPSA) is 49.9 Å². The van der Waals surface area contributed by atoms with Crippen molar-refractivity contribution in [2.75, 3.05) is 32.1 Å². The first kappa shape index (κ1) is 17.2. The molecule has 0 aromatic rings. The maximum Gasteiger partial charge on any atom is 0.214 e. The van der Waals surface area contributed by atoms with Crippen LogP contribution in [0.2, 0.25) is 0 Å². The van der Waals surface area contributed by atoms with E-state index in [0.29, 0.717) is 32.3 Å². The van der Waals surface area contributed by atoms with Crippen molar-refractivity contribution in [3.63, 3.8) is 0 Å². The van der Waals surface area contributed by atoms with Crippen LogP contribution in [0.15, 0.2) is 0 Å². The summed E-state index contributed by atoms with van der Waals surface area (Å²) in [6, 6.07) is 1.01. The van der Waals surface area contributed by atoms with Crippen LogP contribution in [0.3, 0.4) is 0 Å². The number of hydrogen-bond acceptors (Lipinski definition) is 4. The molecule has 2 atom stereocenters. The van der Waals surface area contributed by atoms with Gasteiger partial charge in [-0.2, -0.15) is 4.31 Å². The van der Waals surface area contributed by atoms with E-state index in [1.807, 2.05) is 0 Å². The Morgan fingerprint density at radius 3 is 2.10 bits per heavy atom. The van der Waals surface area contributed by atoms with Crippen molar-refractivity contribution in [2.24, 2.45) is 5.92 Å². The molecule has 2 saturated heterocycles. The third-order valence-electron chi connectivity index (χ3n) is 4.73. The molecule has 6 heteroatoms. The Morgan fingerprint density at radius 2 is 1.62 bits per heavy atom. The van der Waals surface area contributed by atoms with Crippen molar-refractivity contribution in [1.82, 2.24) is 9.21 Å². The Balaban J connectivity index is 2.00. The van der Waals surface area contributed by atoms with Crippen LogP contribution in [0.4, 0.5) is 0 Å². The molecule has 0 amide bonds. The quantitative estimate of drug-likeness (QED) is 0.789. The van der Waals surface area contributed by atoms with Crippen LogP contribution in [-0.4, -0.2) is 67.8 Å². The summed E-state index contributed by atoms with van der Waals surface area (Å²) in [4.78, 5) is 2.42. The Kier molecular flexibility index (Phi) is 5.68. The average Bonchev–Trinajstić information content (AvgIpc) is 2.38. The van der Waals surface area contributed by atoms with Gasteiger partial charge in [-0.3, -0.25) is 4.90 Å². The van der Waals surface area contributed by atoms with Crippen molar-refractivity contribution in [3.05, 3.63) is 0 Å². The Labute approximate surface area is 129 Å². The smallest absolute Gasteiger partial charge is 0.214 e. The van der Waals surface area contributed by atoms with E-state index in [2.05, 4.69) is 32.6 Å². The standard InChI is InChI=1S/C15H30N2O3S/c1-12(2)17-13(3)9-16(10-14(17)4)21(18,19)11-15-5-7-20-8-6-15/h12-15H,5-11H2,1-4H3/t13-,14+. The maximum atomic E-state index is 12.7. The molecule has 0 spiro atoms. The Morgan fingerprint density at radius 1 is 1.10 bits per heavy atom. The van der Waals surface area contributed by atoms with Gasteiger partial charge in [0.05, 0.1) is 5.75 Å². The predicted molar refractivity (Wildman–Crippen MR) is 84.8 cm³/mol. The van der Waals surface area contributed by atoms with E-state index in [-0.39, 0.29) is 23.8 Å². The molecular weight excluding hydrogens is 288 g/mol. The highest BCUT2D eigenvalue weighted by Crippen LogP contribution is 2.24. The lowest BCUT2D eigenvalue weighted by Crippen LogP contribution is -2.60. The first-order valence-electron chi connectivity index (χ1n) is 8.14. The van der Waals surface area contributed by atoms with Crippen molar-refractivity contribution in [3.8, 4) is 0 Å². The molecule has 0 radical (unpaired) electrons. The second-order valence-electron chi connectivity index (χ2n) is 6.89. The van der Waals surface area contributed by atoms with Gasteiger partial charge < -0.3 is 4.74 Å². The first-order valence-corrected chi connectivity index (χ1v) is 9.75. The number of sulfonamides is 1. The summed E-state index contributed by atoms with van der Waals surface area (Å²) < 4.78 is 32.4. The lowest BCUT2D eigenvalue weighted by molar-refractivity contribution is 0.0478. The Bertz CT molecular complexity index is 420. The summed E-state index contributed by atoms with van der Waals surface area (Å²) in [6.07, 6.45) is 1.74. The van der Waals surface area contributed by atoms with Crippen LogP contribution in [0, 0.1) is 5.92 Å². The van der Waals surface area contributed by atoms with Crippen molar-refractivity contribution in [2.45, 2.75) is 58.7 Å². The van der Waals surface area contributed by atoms with Crippen LogP contribution in [0.25, 0.3) is 0 Å². The molecule has 2 aliphatic rings. The number of nitrogens with zero attached hydrogens (tertiary/aromatic N) is 2. The van der Waals surface area contributed by atoms with Crippen LogP contribution in [0.5, 0.6) is 0 Å². The normalized spacial score (nSPS) is 30.9. The van der Waals surface area contributed by atoms with E-state index in [1.54, 1.807) is 4.31 Å². The number of hydrogen-bond donors (Lipinski definition) is 0. The molecule has 5 nitrogen and oxygen atoms in total. The largest absolute Gasteiger partial charge is 0.381 e. The van der Waals surface area contributed by atoms with Crippen LogP contribution < -0.4 is 0 Å². The fourth-order valence-electron chi connectivity index (χ4n) is 3.85. The minimum atomic E-state index is -3.15. The van der Waals surface area contributed by atoms with Crippen LogP contribution in [0.1, 0.15) is 40.5 Å². The molecule has 0 bridgehead atoms. The third kappa shape index (κ3) is 4.18. The molecule has 0 aromatic heterocycles. The highest BCUT2D eigenvalue weighted by Gasteiger charge is 2.37. The summed E-state index contributed by atoms with van der Waals surface area (Å²) in [7, 11) is -3.15. The van der Waals surface area contributed by atoms with Gasteiger partial charge in [0, 0.05) is 44.4 Å². The molecule has 0 unspecified atom stereocenters. The molecule has 124 valence electrons. The average molecular weight is 318 g/mol. The minimum Gasteiger partial charge on any atom is -0.381 e. The van der Waals surface area contributed by atoms with E-state index in [4.69, 9.17) is 4.74 Å². The van der Waals surface area contributed by atoms with Gasteiger partial charge in [-0.05, 0) is 46.5 Å². The number of rotatable bonds is 4. The van der Waals surface area contributed by atoms with Gasteiger partial charge in [-0.1, -0.05) is 0 Å². The second-order valence-corrected chi connectivity index (χ2v) is 8.90. The van der Waals surface area contributed by atoms with E-state index in [1.165, 1.54) is 0 Å². The molecular formula is C15H30N2O3S. The highest BCUT2D eigenvalue weighted by atomic mass is 32.2. The summed E-state index contributed by atoms with van der Waals surface area (Å²) in [6.45, 7) is 11.3. The zero-order chi connectivity index (χ0) is 15.6. The zero-order valence-corrected chi connectivity index (χ0v) is 14.6. The summed E-state index contributed by atoms with van der Waals surface area (Å²) in [5, 5.41) is 0. The number of piperazine rings is 1. The zero-order valence-electron chi connectivity index (χ0n) is 13.8. The summed E-state index contributed by atoms with van der Waals surface area (Å²) in [5.74, 6) is 0.551. The van der Waals surface area contributed by atoms with Gasteiger partial charge in [-0.25, -0.2) is 8.42 Å². The van der Waals surface area contributed by atoms with Crippen molar-refractivity contribution >= 4 is 10.0 Å². The van der Waals surface area contributed by atoms with Crippen LogP contribution >= 0.6 is 0 Å². The minimum absolute atomic E-state index is 0.262. The molecule has 2 rings (SSSR count). The predicted octanol–water partition coefficient (Wildman–Crippen LogP) is 1.55. The van der Waals surface area contributed by atoms with Gasteiger partial charge in [0.15, 0.2) is 0 Å². The van der Waals surface area contributed by atoms with E-state index in [0.717, 1.165) is 12.8 Å². The number of ether oxygens (including phenoxy) is 1.